The van der Waals surface area contributed by atoms with E-state index in [1.165, 1.54) is 19.3 Å². The summed E-state index contributed by atoms with van der Waals surface area (Å²) in [5.41, 5.74) is 0. The van der Waals surface area contributed by atoms with E-state index in [2.05, 4.69) is 4.94 Å². The van der Waals surface area contributed by atoms with Gasteiger partial charge in [0.15, 0.2) is 0 Å². The van der Waals surface area contributed by atoms with Gasteiger partial charge in [-0.05, 0) is 0 Å². The van der Waals surface area contributed by atoms with Crippen molar-refractivity contribution >= 4 is 21.1 Å². The molecule has 0 spiro atoms. The molecule has 0 amide bonds. The molecule has 2 heteroatoms. The molecule has 1 fully saturated rings. The summed E-state index contributed by atoms with van der Waals surface area (Å²) in [7, 11) is 0. The fourth-order valence-electron chi connectivity index (χ4n) is 1.03. The summed E-state index contributed by atoms with van der Waals surface area (Å²) in [6.07, 6.45) is 4.10. The normalized spacial score (nSPS) is 30.4. The molecule has 1 aliphatic heterocycles. The monoisotopic (exact) mass is 221 g/mol. The van der Waals surface area contributed by atoms with Gasteiger partial charge < -0.3 is 0 Å². The van der Waals surface area contributed by atoms with E-state index in [0.717, 1.165) is 10.7 Å². The summed E-state index contributed by atoms with van der Waals surface area (Å²) in [5, 5.41) is 0. The van der Waals surface area contributed by atoms with E-state index in [4.69, 9.17) is 4.74 Å². The van der Waals surface area contributed by atoms with Gasteiger partial charge >= 0.3 is 60.8 Å². The number of hydrogen-bond acceptors (Lipinski definition) is 1. The summed E-state index contributed by atoms with van der Waals surface area (Å²) in [5.74, 6) is 0. The van der Waals surface area contributed by atoms with Gasteiger partial charge in [-0.15, -0.1) is 0 Å². The standard InChI is InChI=1S/C5H9O.CH3.Sn.H/c1-2-4-6-5-3-1;;;/h4H,1-3,5H2;1H3;;. The molecule has 1 rings (SSSR count). The van der Waals surface area contributed by atoms with Gasteiger partial charge in [0.05, 0.1) is 0 Å². The first-order chi connectivity index (χ1) is 3.93. The Labute approximate surface area is 61.0 Å². The molecule has 47 valence electrons. The van der Waals surface area contributed by atoms with Gasteiger partial charge in [0.1, 0.15) is 0 Å². The quantitative estimate of drug-likeness (QED) is 0.599. The summed E-state index contributed by atoms with van der Waals surface area (Å²) < 4.78 is 6.29. The summed E-state index contributed by atoms with van der Waals surface area (Å²) in [4.78, 5) is 2.38. The molecule has 1 nitrogen and oxygen atoms in total. The number of rotatable bonds is 1. The zero-order valence-electron chi connectivity index (χ0n) is 5.39. The maximum atomic E-state index is 5.51. The minimum atomic E-state index is -0.240. The average Bonchev–Trinajstić information content (AvgIpc) is 1.90. The molecule has 0 aromatic carbocycles. The SMILES string of the molecule is [CH3][SnH][CH]1CCCCO1. The molecule has 0 aromatic rings. The Morgan fingerprint density at radius 1 is 1.50 bits per heavy atom. The van der Waals surface area contributed by atoms with E-state index in [9.17, 15) is 0 Å². The predicted octanol–water partition coefficient (Wildman–Crippen LogP) is 0.998. The van der Waals surface area contributed by atoms with Crippen LogP contribution in [0.2, 0.25) is 4.94 Å². The van der Waals surface area contributed by atoms with Crippen molar-refractivity contribution < 1.29 is 4.74 Å². The Balaban J connectivity index is 2.13. The summed E-state index contributed by atoms with van der Waals surface area (Å²) >= 11 is -0.240. The Bertz CT molecular complexity index is 59.5. The molecule has 1 saturated heterocycles. The van der Waals surface area contributed by atoms with Crippen LogP contribution in [0.15, 0.2) is 0 Å². The Kier molecular flexibility index (Phi) is 3.20. The van der Waals surface area contributed by atoms with Crippen molar-refractivity contribution in [2.45, 2.75) is 28.3 Å². The van der Waals surface area contributed by atoms with Gasteiger partial charge in [-0.25, -0.2) is 0 Å². The third kappa shape index (κ3) is 1.94. The van der Waals surface area contributed by atoms with E-state index < -0.39 is 0 Å². The fraction of sp³-hybridized carbons (Fsp3) is 1.00. The third-order valence-corrected chi connectivity index (χ3v) is 5.21. The zero-order valence-corrected chi connectivity index (χ0v) is 8.69. The summed E-state index contributed by atoms with van der Waals surface area (Å²) in [6.45, 7) is 1.05. The van der Waals surface area contributed by atoms with Gasteiger partial charge in [-0.1, -0.05) is 0 Å². The zero-order chi connectivity index (χ0) is 5.82. The van der Waals surface area contributed by atoms with Crippen molar-refractivity contribution in [1.82, 2.24) is 0 Å². The molecule has 0 bridgehead atoms. The molecule has 0 saturated carbocycles. The third-order valence-electron chi connectivity index (χ3n) is 1.59. The molecule has 1 radical (unpaired) electrons. The number of ether oxygens (including phenoxy) is 1. The fourth-order valence-corrected chi connectivity index (χ4v) is 3.59. The second-order valence-corrected chi connectivity index (χ2v) is 6.26. The molecule has 0 N–H and O–H groups in total. The molecule has 8 heavy (non-hydrogen) atoms. The predicted molar refractivity (Wildman–Crippen MR) is 36.6 cm³/mol. The molecule has 0 aliphatic carbocycles. The van der Waals surface area contributed by atoms with Gasteiger partial charge in [-0.2, -0.15) is 0 Å². The van der Waals surface area contributed by atoms with Crippen molar-refractivity contribution in [2.24, 2.45) is 0 Å². The van der Waals surface area contributed by atoms with Crippen molar-refractivity contribution in [3.05, 3.63) is 0 Å². The summed E-state index contributed by atoms with van der Waals surface area (Å²) in [6, 6.07) is 0. The maximum absolute atomic E-state index is 5.51. The van der Waals surface area contributed by atoms with Crippen molar-refractivity contribution in [3.8, 4) is 0 Å². The molecule has 0 aromatic heterocycles. The van der Waals surface area contributed by atoms with Gasteiger partial charge in [-0.3, -0.25) is 0 Å². The first-order valence-electron chi connectivity index (χ1n) is 3.34. The van der Waals surface area contributed by atoms with Crippen LogP contribution in [-0.2, 0) is 4.74 Å². The van der Waals surface area contributed by atoms with Crippen LogP contribution in [0.5, 0.6) is 0 Å². The van der Waals surface area contributed by atoms with Gasteiger partial charge in [0.2, 0.25) is 0 Å². The van der Waals surface area contributed by atoms with Gasteiger partial charge in [0, 0.05) is 0 Å². The van der Waals surface area contributed by atoms with Crippen LogP contribution < -0.4 is 0 Å². The van der Waals surface area contributed by atoms with Gasteiger partial charge in [0.25, 0.3) is 0 Å². The van der Waals surface area contributed by atoms with E-state index in [1.54, 1.807) is 0 Å². The first kappa shape index (κ1) is 6.87. The molecule has 1 heterocycles. The van der Waals surface area contributed by atoms with E-state index >= 15 is 0 Å². The molecule has 1 unspecified atom stereocenters. The average molecular weight is 220 g/mol. The van der Waals surface area contributed by atoms with Crippen LogP contribution in [0.4, 0.5) is 0 Å². The second-order valence-electron chi connectivity index (χ2n) is 2.24. The van der Waals surface area contributed by atoms with Crippen molar-refractivity contribution in [3.63, 3.8) is 0 Å². The van der Waals surface area contributed by atoms with Crippen molar-refractivity contribution in [2.75, 3.05) is 6.61 Å². The molecular formula is C6H13OSn. The van der Waals surface area contributed by atoms with Crippen LogP contribution in [0.25, 0.3) is 0 Å². The molecular weight excluding hydrogens is 207 g/mol. The Morgan fingerprint density at radius 2 is 2.38 bits per heavy atom. The van der Waals surface area contributed by atoms with Crippen LogP contribution in [0.3, 0.4) is 0 Å². The Morgan fingerprint density at radius 3 is 2.75 bits per heavy atom. The molecule has 1 aliphatic rings. The van der Waals surface area contributed by atoms with E-state index in [0.29, 0.717) is 0 Å². The van der Waals surface area contributed by atoms with E-state index in [-0.39, 0.29) is 21.1 Å². The topological polar surface area (TPSA) is 9.23 Å². The van der Waals surface area contributed by atoms with Crippen molar-refractivity contribution in [1.29, 1.82) is 0 Å². The van der Waals surface area contributed by atoms with Crippen LogP contribution in [0.1, 0.15) is 19.3 Å². The van der Waals surface area contributed by atoms with Crippen LogP contribution in [-0.4, -0.2) is 31.9 Å². The number of hydrogen-bond donors (Lipinski definition) is 0. The van der Waals surface area contributed by atoms with Crippen LogP contribution >= 0.6 is 0 Å². The molecule has 1 atom stereocenters. The Hall–Kier alpha value is 0.759. The van der Waals surface area contributed by atoms with E-state index in [1.807, 2.05) is 0 Å². The second kappa shape index (κ2) is 3.72. The minimum absolute atomic E-state index is 0.240. The first-order valence-corrected chi connectivity index (χ1v) is 8.54. The van der Waals surface area contributed by atoms with Crippen LogP contribution in [0, 0.1) is 0 Å².